The molecule has 4 aromatic carbocycles. The van der Waals surface area contributed by atoms with Crippen molar-refractivity contribution in [1.29, 1.82) is 0 Å². The minimum atomic E-state index is -4.26. The number of halogens is 2. The lowest BCUT2D eigenvalue weighted by Crippen LogP contribution is -2.54. The zero-order valence-corrected chi connectivity index (χ0v) is 27.2. The Bertz CT molecular complexity index is 1660. The van der Waals surface area contributed by atoms with Crippen LogP contribution in [0.5, 0.6) is 0 Å². The maximum Gasteiger partial charge on any atom is 0.264 e. The minimum absolute atomic E-state index is 0.0157. The highest BCUT2D eigenvalue weighted by Crippen LogP contribution is 2.26. The van der Waals surface area contributed by atoms with Crippen LogP contribution in [0.4, 0.5) is 10.1 Å². The Hall–Kier alpha value is -4.02. The summed E-state index contributed by atoms with van der Waals surface area (Å²) >= 11 is 3.43. The summed E-state index contributed by atoms with van der Waals surface area (Å²) in [5.41, 5.74) is 2.59. The number of carbonyl (C=O) groups excluding carboxylic acids is 2. The fourth-order valence-corrected chi connectivity index (χ4v) is 6.37. The molecule has 7 nitrogen and oxygen atoms in total. The molecule has 10 heteroatoms. The normalized spacial score (nSPS) is 12.0. The molecule has 0 aliphatic rings. The van der Waals surface area contributed by atoms with Crippen LogP contribution in [-0.4, -0.2) is 43.8 Å². The molecule has 2 amide bonds. The molecule has 0 saturated heterocycles. The summed E-state index contributed by atoms with van der Waals surface area (Å²) in [6.07, 6.45) is 0.211. The molecule has 0 radical (unpaired) electrons. The largest absolute Gasteiger partial charge is 0.352 e. The van der Waals surface area contributed by atoms with Gasteiger partial charge in [0.05, 0.1) is 10.6 Å². The smallest absolute Gasteiger partial charge is 0.264 e. The van der Waals surface area contributed by atoms with Crippen molar-refractivity contribution >= 4 is 43.5 Å². The van der Waals surface area contributed by atoms with Gasteiger partial charge in [-0.25, -0.2) is 12.8 Å². The highest BCUT2D eigenvalue weighted by Gasteiger charge is 2.34. The average molecular weight is 681 g/mol. The summed E-state index contributed by atoms with van der Waals surface area (Å²) in [6, 6.07) is 26.8. The average Bonchev–Trinajstić information content (AvgIpc) is 2.99. The number of hydrogen-bond acceptors (Lipinski definition) is 4. The predicted molar refractivity (Wildman–Crippen MR) is 174 cm³/mol. The number of benzene rings is 4. The predicted octanol–water partition coefficient (Wildman–Crippen LogP) is 6.26. The van der Waals surface area contributed by atoms with E-state index < -0.39 is 34.3 Å². The van der Waals surface area contributed by atoms with Crippen LogP contribution in [0.25, 0.3) is 0 Å². The van der Waals surface area contributed by atoms with Gasteiger partial charge < -0.3 is 10.2 Å². The molecule has 0 saturated carbocycles. The molecule has 0 spiro atoms. The first-order valence-corrected chi connectivity index (χ1v) is 16.4. The number of nitrogens with zero attached hydrogens (tertiary/aromatic N) is 2. The number of anilines is 1. The van der Waals surface area contributed by atoms with E-state index >= 15 is 0 Å². The molecule has 0 aromatic heterocycles. The molecule has 44 heavy (non-hydrogen) atoms. The first-order valence-electron chi connectivity index (χ1n) is 14.2. The molecular weight excluding hydrogens is 645 g/mol. The van der Waals surface area contributed by atoms with Crippen molar-refractivity contribution < 1.29 is 22.4 Å². The lowest BCUT2D eigenvalue weighted by molar-refractivity contribution is -0.140. The standard InChI is InChI=1S/C34H35BrFN3O4S/c1-24(2)37-34(41)32(21-26-7-5-4-6-8-26)38(22-27-11-13-28(35)14-12-27)33(40)23-39(30-17-15-29(36)16-18-30)44(42,43)31-19-9-25(3)10-20-31/h4-20,24,32H,21-23H2,1-3H3,(H,37,41). The summed E-state index contributed by atoms with van der Waals surface area (Å²) in [6.45, 7) is 4.95. The Balaban J connectivity index is 1.79. The number of carbonyl (C=O) groups is 2. The van der Waals surface area contributed by atoms with E-state index in [1.165, 1.54) is 29.2 Å². The Labute approximate surface area is 266 Å². The van der Waals surface area contributed by atoms with E-state index in [1.807, 2.05) is 75.4 Å². The number of aryl methyl sites for hydroxylation is 1. The molecule has 0 aliphatic heterocycles. The van der Waals surface area contributed by atoms with Crippen molar-refractivity contribution in [3.63, 3.8) is 0 Å². The van der Waals surface area contributed by atoms with E-state index in [0.717, 1.165) is 37.6 Å². The van der Waals surface area contributed by atoms with Crippen LogP contribution in [0, 0.1) is 12.7 Å². The Kier molecular flexibility index (Phi) is 10.9. The van der Waals surface area contributed by atoms with Gasteiger partial charge in [-0.05, 0) is 80.4 Å². The summed E-state index contributed by atoms with van der Waals surface area (Å²) in [4.78, 5) is 29.5. The van der Waals surface area contributed by atoms with E-state index in [2.05, 4.69) is 21.2 Å². The molecule has 0 fully saturated rings. The summed E-state index contributed by atoms with van der Waals surface area (Å²) in [7, 11) is -4.26. The summed E-state index contributed by atoms with van der Waals surface area (Å²) < 4.78 is 43.7. The van der Waals surface area contributed by atoms with E-state index in [4.69, 9.17) is 0 Å². The van der Waals surface area contributed by atoms with E-state index in [0.29, 0.717) is 0 Å². The topological polar surface area (TPSA) is 86.8 Å². The summed E-state index contributed by atoms with van der Waals surface area (Å²) in [5.74, 6) is -1.49. The van der Waals surface area contributed by atoms with E-state index in [9.17, 15) is 22.4 Å². The third-order valence-electron chi connectivity index (χ3n) is 6.97. The fraction of sp³-hybridized carbons (Fsp3) is 0.235. The van der Waals surface area contributed by atoms with Gasteiger partial charge >= 0.3 is 0 Å². The third-order valence-corrected chi connectivity index (χ3v) is 9.29. The van der Waals surface area contributed by atoms with Crippen molar-refractivity contribution in [3.05, 3.63) is 130 Å². The molecular formula is C34H35BrFN3O4S. The summed E-state index contributed by atoms with van der Waals surface area (Å²) in [5, 5.41) is 2.93. The van der Waals surface area contributed by atoms with Gasteiger partial charge in [-0.3, -0.25) is 13.9 Å². The van der Waals surface area contributed by atoms with Gasteiger partial charge in [-0.15, -0.1) is 0 Å². The molecule has 4 aromatic rings. The first-order chi connectivity index (χ1) is 20.9. The van der Waals surface area contributed by atoms with Crippen LogP contribution < -0.4 is 9.62 Å². The minimum Gasteiger partial charge on any atom is -0.352 e. The molecule has 230 valence electrons. The lowest BCUT2D eigenvalue weighted by atomic mass is 10.0. The highest BCUT2D eigenvalue weighted by atomic mass is 79.9. The maximum absolute atomic E-state index is 14.4. The lowest BCUT2D eigenvalue weighted by Gasteiger charge is -2.34. The first kappa shape index (κ1) is 32.9. The molecule has 0 heterocycles. The maximum atomic E-state index is 14.4. The number of nitrogens with one attached hydrogen (secondary N) is 1. The molecule has 0 aliphatic carbocycles. The van der Waals surface area contributed by atoms with Crippen LogP contribution in [-0.2, 0) is 32.6 Å². The number of sulfonamides is 1. The zero-order valence-electron chi connectivity index (χ0n) is 24.8. The van der Waals surface area contributed by atoms with Crippen molar-refractivity contribution in [3.8, 4) is 0 Å². The fourth-order valence-electron chi connectivity index (χ4n) is 4.69. The van der Waals surface area contributed by atoms with E-state index in [-0.39, 0.29) is 35.5 Å². The second-order valence-electron chi connectivity index (χ2n) is 10.8. The van der Waals surface area contributed by atoms with E-state index in [1.54, 1.807) is 12.1 Å². The van der Waals surface area contributed by atoms with Gasteiger partial charge in [0.15, 0.2) is 0 Å². The van der Waals surface area contributed by atoms with Crippen LogP contribution in [0.15, 0.2) is 112 Å². The quantitative estimate of drug-likeness (QED) is 0.192. The number of hydrogen-bond donors (Lipinski definition) is 1. The van der Waals surface area contributed by atoms with Crippen LogP contribution in [0.2, 0.25) is 0 Å². The zero-order chi connectivity index (χ0) is 31.9. The number of amides is 2. The van der Waals surface area contributed by atoms with Gasteiger partial charge in [0.25, 0.3) is 10.0 Å². The van der Waals surface area contributed by atoms with Crippen LogP contribution in [0.1, 0.15) is 30.5 Å². The molecule has 1 N–H and O–H groups in total. The van der Waals surface area contributed by atoms with Crippen molar-refractivity contribution in [2.45, 2.75) is 50.7 Å². The number of rotatable bonds is 12. The van der Waals surface area contributed by atoms with Gasteiger partial charge in [-0.2, -0.15) is 0 Å². The SMILES string of the molecule is Cc1ccc(S(=O)(=O)N(CC(=O)N(Cc2ccc(Br)cc2)C(Cc2ccccc2)C(=O)NC(C)C)c2ccc(F)cc2)cc1. The van der Waals surface area contributed by atoms with Crippen molar-refractivity contribution in [1.82, 2.24) is 10.2 Å². The Morgan fingerprint density at radius 3 is 2.05 bits per heavy atom. The van der Waals surface area contributed by atoms with Gasteiger partial charge in [0.1, 0.15) is 18.4 Å². The van der Waals surface area contributed by atoms with Gasteiger partial charge in [0.2, 0.25) is 11.8 Å². The molecule has 1 unspecified atom stereocenters. The van der Waals surface area contributed by atoms with Crippen molar-refractivity contribution in [2.75, 3.05) is 10.8 Å². The Morgan fingerprint density at radius 2 is 1.45 bits per heavy atom. The molecule has 0 bridgehead atoms. The highest BCUT2D eigenvalue weighted by molar-refractivity contribution is 9.10. The van der Waals surface area contributed by atoms with Crippen LogP contribution in [0.3, 0.4) is 0 Å². The molecule has 1 atom stereocenters. The van der Waals surface area contributed by atoms with Gasteiger partial charge in [-0.1, -0.05) is 76.1 Å². The molecule has 4 rings (SSSR count). The second-order valence-corrected chi connectivity index (χ2v) is 13.6. The van der Waals surface area contributed by atoms with Crippen LogP contribution >= 0.6 is 15.9 Å². The second kappa shape index (κ2) is 14.6. The van der Waals surface area contributed by atoms with Gasteiger partial charge in [0, 0.05) is 23.5 Å². The third kappa shape index (κ3) is 8.54. The Morgan fingerprint density at radius 1 is 0.841 bits per heavy atom. The monoisotopic (exact) mass is 679 g/mol. The van der Waals surface area contributed by atoms with Crippen molar-refractivity contribution in [2.24, 2.45) is 0 Å².